The molecule has 3 fully saturated rings. The van der Waals surface area contributed by atoms with Crippen molar-refractivity contribution < 1.29 is 23.1 Å². The first-order valence-electron chi connectivity index (χ1n) is 16.7. The quantitative estimate of drug-likeness (QED) is 0.200. The molecule has 3 aliphatic rings. The molecule has 45 heavy (non-hydrogen) atoms. The summed E-state index contributed by atoms with van der Waals surface area (Å²) in [6.07, 6.45) is 12.3. The smallest absolute Gasteiger partial charge is 0.254 e. The number of aromatic hydroxyl groups is 1. The van der Waals surface area contributed by atoms with Crippen molar-refractivity contribution in [2.75, 3.05) is 57.3 Å². The van der Waals surface area contributed by atoms with E-state index in [1.54, 1.807) is 0 Å². The number of unbranched alkanes of at least 4 members (excludes halogenated alkanes) is 1. The molecule has 1 aromatic heterocycles. The van der Waals surface area contributed by atoms with Crippen molar-refractivity contribution in [3.8, 4) is 5.75 Å². The number of hydrogen-bond acceptors (Lipinski definition) is 6. The average Bonchev–Trinajstić information content (AvgIpc) is 3.51. The minimum absolute atomic E-state index is 0.171. The summed E-state index contributed by atoms with van der Waals surface area (Å²) < 4.78 is 43.4. The zero-order valence-electron chi connectivity index (χ0n) is 25.9. The van der Waals surface area contributed by atoms with E-state index < -0.39 is 34.7 Å². The van der Waals surface area contributed by atoms with Crippen LogP contribution in [0.3, 0.4) is 0 Å². The Labute approximate surface area is 262 Å². The fourth-order valence-corrected chi connectivity index (χ4v) is 7.27. The Balaban J connectivity index is 0.945. The molecule has 8 nitrogen and oxygen atoms in total. The second-order valence-electron chi connectivity index (χ2n) is 13.1. The number of benzene rings is 2. The Morgan fingerprint density at radius 2 is 1.69 bits per heavy atom. The van der Waals surface area contributed by atoms with E-state index in [1.807, 2.05) is 0 Å². The van der Waals surface area contributed by atoms with Crippen LogP contribution in [-0.2, 0) is 0 Å². The van der Waals surface area contributed by atoms with Gasteiger partial charge in [0.25, 0.3) is 5.91 Å². The molecule has 0 spiro atoms. The second kappa shape index (κ2) is 14.4. The van der Waals surface area contributed by atoms with Crippen LogP contribution < -0.4 is 15.5 Å². The number of piperazine rings is 1. The number of piperidine rings is 1. The molecule has 244 valence electrons. The van der Waals surface area contributed by atoms with Gasteiger partial charge < -0.3 is 20.6 Å². The van der Waals surface area contributed by atoms with Gasteiger partial charge in [-0.1, -0.05) is 12.8 Å². The van der Waals surface area contributed by atoms with E-state index >= 15 is 0 Å². The number of fused-ring (bicyclic) bond motifs is 1. The topological polar surface area (TPSA) is 85.7 Å². The largest absolute Gasteiger partial charge is 0.503 e. The van der Waals surface area contributed by atoms with Crippen molar-refractivity contribution in [2.24, 2.45) is 11.8 Å². The molecule has 11 heteroatoms. The highest BCUT2D eigenvalue weighted by molar-refractivity contribution is 5.94. The third-order valence-electron chi connectivity index (χ3n) is 10.2. The Bertz CT molecular complexity index is 1460. The molecule has 1 amide bonds. The summed E-state index contributed by atoms with van der Waals surface area (Å²) in [6, 6.07) is 7.35. The van der Waals surface area contributed by atoms with Crippen molar-refractivity contribution in [3.05, 3.63) is 53.5 Å². The lowest BCUT2D eigenvalue weighted by molar-refractivity contribution is 0.0935. The van der Waals surface area contributed by atoms with Gasteiger partial charge in [0.2, 0.25) is 5.82 Å². The van der Waals surface area contributed by atoms with Gasteiger partial charge in [0.05, 0.1) is 17.1 Å². The molecule has 1 aliphatic carbocycles. The van der Waals surface area contributed by atoms with E-state index in [-0.39, 0.29) is 18.5 Å². The van der Waals surface area contributed by atoms with Crippen LogP contribution in [0, 0.1) is 29.3 Å². The molecule has 0 atom stereocenters. The van der Waals surface area contributed by atoms with Crippen molar-refractivity contribution in [2.45, 2.75) is 63.8 Å². The van der Waals surface area contributed by atoms with Crippen molar-refractivity contribution >= 4 is 22.5 Å². The van der Waals surface area contributed by atoms with Gasteiger partial charge >= 0.3 is 0 Å². The lowest BCUT2D eigenvalue weighted by Crippen LogP contribution is -2.46. The lowest BCUT2D eigenvalue weighted by atomic mass is 9.86. The molecule has 2 saturated heterocycles. The zero-order chi connectivity index (χ0) is 31.3. The highest BCUT2D eigenvalue weighted by Crippen LogP contribution is 2.33. The Morgan fingerprint density at radius 3 is 2.44 bits per heavy atom. The maximum Gasteiger partial charge on any atom is 0.254 e. The maximum absolute atomic E-state index is 14.1. The first kappa shape index (κ1) is 31.7. The number of rotatable bonds is 10. The molecule has 1 saturated carbocycles. The number of halogens is 3. The van der Waals surface area contributed by atoms with Gasteiger partial charge in [-0.15, -0.1) is 0 Å². The van der Waals surface area contributed by atoms with E-state index in [0.29, 0.717) is 6.07 Å². The van der Waals surface area contributed by atoms with Gasteiger partial charge in [0, 0.05) is 50.0 Å². The number of carbonyl (C=O) groups is 1. The number of nitrogens with zero attached hydrogens (tertiary/aromatic N) is 4. The summed E-state index contributed by atoms with van der Waals surface area (Å²) in [4.78, 5) is 17.5. The summed E-state index contributed by atoms with van der Waals surface area (Å²) in [7, 11) is 0. The number of amides is 1. The maximum atomic E-state index is 14.1. The normalized spacial score (nSPS) is 21.8. The van der Waals surface area contributed by atoms with Gasteiger partial charge in [0.15, 0.2) is 17.4 Å². The van der Waals surface area contributed by atoms with E-state index in [1.165, 1.54) is 57.4 Å². The summed E-state index contributed by atoms with van der Waals surface area (Å²) in [5.41, 5.74) is 1.47. The summed E-state index contributed by atoms with van der Waals surface area (Å²) >= 11 is 0. The van der Waals surface area contributed by atoms with E-state index in [0.717, 1.165) is 68.7 Å². The van der Waals surface area contributed by atoms with Crippen molar-refractivity contribution in [3.63, 3.8) is 0 Å². The number of hydrogen-bond donors (Lipinski definition) is 3. The summed E-state index contributed by atoms with van der Waals surface area (Å²) in [5.74, 6) is -5.91. The van der Waals surface area contributed by atoms with Crippen LogP contribution in [0.2, 0.25) is 0 Å². The van der Waals surface area contributed by atoms with Gasteiger partial charge in [0.1, 0.15) is 0 Å². The number of aromatic nitrogens is 2. The predicted molar refractivity (Wildman–Crippen MR) is 169 cm³/mol. The Morgan fingerprint density at radius 1 is 0.933 bits per heavy atom. The monoisotopic (exact) mass is 626 g/mol. The molecule has 2 aliphatic heterocycles. The third kappa shape index (κ3) is 7.57. The summed E-state index contributed by atoms with van der Waals surface area (Å²) in [6.45, 7) is 8.12. The van der Waals surface area contributed by atoms with Crippen LogP contribution in [0.15, 0.2) is 30.5 Å². The predicted octanol–water partition coefficient (Wildman–Crippen LogP) is 5.61. The number of nitrogens with one attached hydrogen (secondary N) is 2. The fraction of sp³-hybridized carbons (Fsp3) is 0.588. The van der Waals surface area contributed by atoms with Crippen molar-refractivity contribution in [1.82, 2.24) is 25.3 Å². The number of phenolic OH excluding ortho intramolecular Hbond substituents is 1. The van der Waals surface area contributed by atoms with Crippen LogP contribution >= 0.6 is 0 Å². The molecule has 3 heterocycles. The van der Waals surface area contributed by atoms with Gasteiger partial charge in [-0.2, -0.15) is 9.49 Å². The van der Waals surface area contributed by atoms with Crippen LogP contribution in [0.25, 0.3) is 10.9 Å². The SMILES string of the molecule is O=C(NCC1CCC(n2cc3ccc(N4CCN(CCCCC5CCNCC5)CC4)cc3n2)CC1)c1cc(F)c(O)c(F)c1F. The first-order chi connectivity index (χ1) is 21.9. The molecule has 0 unspecified atom stereocenters. The first-order valence-corrected chi connectivity index (χ1v) is 16.7. The highest BCUT2D eigenvalue weighted by atomic mass is 19.2. The zero-order valence-corrected chi connectivity index (χ0v) is 25.9. The molecule has 3 N–H and O–H groups in total. The van der Waals surface area contributed by atoms with E-state index in [2.05, 4.69) is 49.5 Å². The molecule has 0 bridgehead atoms. The van der Waals surface area contributed by atoms with E-state index in [4.69, 9.17) is 5.10 Å². The van der Waals surface area contributed by atoms with Crippen LogP contribution in [-0.4, -0.2) is 78.1 Å². The van der Waals surface area contributed by atoms with Crippen molar-refractivity contribution in [1.29, 1.82) is 0 Å². The molecular weight excluding hydrogens is 581 g/mol. The molecule has 2 aromatic carbocycles. The number of anilines is 1. The fourth-order valence-electron chi connectivity index (χ4n) is 7.27. The van der Waals surface area contributed by atoms with Crippen LogP contribution in [0.5, 0.6) is 5.75 Å². The summed E-state index contributed by atoms with van der Waals surface area (Å²) in [5, 5.41) is 21.3. The Hall–Kier alpha value is -3.31. The standard InChI is InChI=1S/C34H45F3N6O2/c35-29-20-28(31(36)32(37)33(29)44)34(45)39-21-24-4-7-26(8-5-24)43-22-25-6-9-27(19-30(25)40-43)42-17-15-41(16-18-42)14-2-1-3-23-10-12-38-13-11-23/h6,9,19-20,22-24,26,38,44H,1-5,7-8,10-18,21H2,(H,39,45). The lowest BCUT2D eigenvalue weighted by Gasteiger charge is -2.36. The molecular formula is C34H45F3N6O2. The highest BCUT2D eigenvalue weighted by Gasteiger charge is 2.26. The van der Waals surface area contributed by atoms with Crippen LogP contribution in [0.1, 0.15) is 74.2 Å². The van der Waals surface area contributed by atoms with Gasteiger partial charge in [-0.3, -0.25) is 14.4 Å². The molecule has 6 rings (SSSR count). The third-order valence-corrected chi connectivity index (χ3v) is 10.2. The minimum Gasteiger partial charge on any atom is -0.503 e. The van der Waals surface area contributed by atoms with Crippen LogP contribution in [0.4, 0.5) is 18.9 Å². The van der Waals surface area contributed by atoms with Gasteiger partial charge in [-0.05, 0) is 101 Å². The van der Waals surface area contributed by atoms with E-state index in [9.17, 15) is 23.1 Å². The van der Waals surface area contributed by atoms with Gasteiger partial charge in [-0.25, -0.2) is 8.78 Å². The molecule has 3 aromatic rings. The average molecular weight is 627 g/mol. The number of phenols is 1. The minimum atomic E-state index is -1.76. The molecule has 0 radical (unpaired) electrons. The second-order valence-corrected chi connectivity index (χ2v) is 13.1. The number of carbonyl (C=O) groups excluding carboxylic acids is 1. The Kier molecular flexibility index (Phi) is 10.1.